The van der Waals surface area contributed by atoms with Gasteiger partial charge in [0, 0.05) is 0 Å². The Bertz CT molecular complexity index is 589. The Morgan fingerprint density at radius 3 is 2.30 bits per heavy atom. The van der Waals surface area contributed by atoms with Gasteiger partial charge in [-0.15, -0.1) is 0 Å². The number of rotatable bonds is 3. The zero-order valence-electron chi connectivity index (χ0n) is 12.3. The zero-order chi connectivity index (χ0) is 15.1. The van der Waals surface area contributed by atoms with Gasteiger partial charge in [-0.3, -0.25) is 0 Å². The predicted octanol–water partition coefficient (Wildman–Crippen LogP) is 4.40. The molecule has 0 aliphatic carbocycles. The molecule has 106 valence electrons. The predicted molar refractivity (Wildman–Crippen MR) is 81.5 cm³/mol. The molecule has 0 bridgehead atoms. The number of aryl methyl sites for hydroxylation is 1. The number of hydrogen-bond donors (Lipinski definition) is 1. The van der Waals surface area contributed by atoms with Crippen molar-refractivity contribution >= 4 is 5.97 Å². The summed E-state index contributed by atoms with van der Waals surface area (Å²) in [4.78, 5) is 11.2. The van der Waals surface area contributed by atoms with Gasteiger partial charge in [0.1, 0.15) is 5.75 Å². The number of hydrogen-bond acceptors (Lipinski definition) is 2. The second-order valence-electron chi connectivity index (χ2n) is 4.04. The van der Waals surface area contributed by atoms with Crippen LogP contribution in [0.3, 0.4) is 0 Å². The molecule has 0 aromatic heterocycles. The molecular formula is C17H20O3. The van der Waals surface area contributed by atoms with Crippen molar-refractivity contribution in [2.24, 2.45) is 0 Å². The van der Waals surface area contributed by atoms with Crippen LogP contribution in [0.15, 0.2) is 42.5 Å². The molecule has 2 aromatic rings. The van der Waals surface area contributed by atoms with Gasteiger partial charge in [0.25, 0.3) is 0 Å². The topological polar surface area (TPSA) is 46.5 Å². The Labute approximate surface area is 119 Å². The lowest BCUT2D eigenvalue weighted by molar-refractivity contribution is 0.0697. The SMILES string of the molecule is CC.COc1ccc(-c2ccccc2C(=O)O)cc1C. The fraction of sp³-hybridized carbons (Fsp3) is 0.235. The Morgan fingerprint density at radius 1 is 1.10 bits per heavy atom. The lowest BCUT2D eigenvalue weighted by atomic mass is 9.98. The van der Waals surface area contributed by atoms with E-state index in [1.54, 1.807) is 19.2 Å². The van der Waals surface area contributed by atoms with Crippen molar-refractivity contribution in [1.82, 2.24) is 0 Å². The van der Waals surface area contributed by atoms with E-state index in [1.807, 2.05) is 51.1 Å². The van der Waals surface area contributed by atoms with Crippen molar-refractivity contribution in [2.75, 3.05) is 7.11 Å². The number of methoxy groups -OCH3 is 1. The molecule has 0 saturated heterocycles. The fourth-order valence-electron chi connectivity index (χ4n) is 1.97. The average molecular weight is 272 g/mol. The maximum absolute atomic E-state index is 11.2. The second-order valence-corrected chi connectivity index (χ2v) is 4.04. The minimum absolute atomic E-state index is 0.307. The largest absolute Gasteiger partial charge is 0.496 e. The van der Waals surface area contributed by atoms with Crippen molar-refractivity contribution in [3.63, 3.8) is 0 Å². The first-order chi connectivity index (χ1) is 9.63. The summed E-state index contributed by atoms with van der Waals surface area (Å²) in [5.74, 6) is -0.120. The van der Waals surface area contributed by atoms with Gasteiger partial charge in [-0.2, -0.15) is 0 Å². The zero-order valence-corrected chi connectivity index (χ0v) is 12.3. The summed E-state index contributed by atoms with van der Waals surface area (Å²) < 4.78 is 5.20. The van der Waals surface area contributed by atoms with Crippen molar-refractivity contribution in [2.45, 2.75) is 20.8 Å². The standard InChI is InChI=1S/C15H14O3.C2H6/c1-10-9-11(7-8-14(10)18-2)12-5-3-4-6-13(12)15(16)17;1-2/h3-9H,1-2H3,(H,16,17);1-2H3. The monoisotopic (exact) mass is 272 g/mol. The van der Waals surface area contributed by atoms with Crippen molar-refractivity contribution in [1.29, 1.82) is 0 Å². The number of carboxylic acid groups (broad SMARTS) is 1. The van der Waals surface area contributed by atoms with E-state index in [9.17, 15) is 9.90 Å². The summed E-state index contributed by atoms with van der Waals surface area (Å²) in [7, 11) is 1.62. The van der Waals surface area contributed by atoms with E-state index in [0.29, 0.717) is 5.56 Å². The van der Waals surface area contributed by atoms with Gasteiger partial charge < -0.3 is 9.84 Å². The Morgan fingerprint density at radius 2 is 1.75 bits per heavy atom. The molecule has 3 nitrogen and oxygen atoms in total. The first-order valence-electron chi connectivity index (χ1n) is 6.61. The van der Waals surface area contributed by atoms with E-state index in [4.69, 9.17) is 4.74 Å². The van der Waals surface area contributed by atoms with Crippen molar-refractivity contribution in [3.8, 4) is 16.9 Å². The van der Waals surface area contributed by atoms with E-state index in [1.165, 1.54) is 0 Å². The lowest BCUT2D eigenvalue weighted by Gasteiger charge is -2.09. The van der Waals surface area contributed by atoms with Crippen LogP contribution in [0.5, 0.6) is 5.75 Å². The van der Waals surface area contributed by atoms with Gasteiger partial charge in [0.05, 0.1) is 12.7 Å². The molecule has 0 saturated carbocycles. The molecule has 20 heavy (non-hydrogen) atoms. The van der Waals surface area contributed by atoms with Crippen LogP contribution in [0.25, 0.3) is 11.1 Å². The number of benzene rings is 2. The van der Waals surface area contributed by atoms with E-state index in [0.717, 1.165) is 22.4 Å². The van der Waals surface area contributed by atoms with Crippen molar-refractivity contribution < 1.29 is 14.6 Å². The van der Waals surface area contributed by atoms with Gasteiger partial charge in [0.2, 0.25) is 0 Å². The Kier molecular flexibility index (Phi) is 5.78. The van der Waals surface area contributed by atoms with Crippen LogP contribution in [-0.2, 0) is 0 Å². The molecular weight excluding hydrogens is 252 g/mol. The van der Waals surface area contributed by atoms with Gasteiger partial charge in [-0.05, 0) is 41.8 Å². The molecule has 3 heteroatoms. The third kappa shape index (κ3) is 3.38. The average Bonchev–Trinajstić information content (AvgIpc) is 2.49. The number of carbonyl (C=O) groups is 1. The highest BCUT2D eigenvalue weighted by Gasteiger charge is 2.11. The number of carboxylic acids is 1. The van der Waals surface area contributed by atoms with Crippen LogP contribution in [0.2, 0.25) is 0 Å². The molecule has 2 rings (SSSR count). The van der Waals surface area contributed by atoms with Gasteiger partial charge in [-0.25, -0.2) is 4.79 Å². The molecule has 0 amide bonds. The normalized spacial score (nSPS) is 9.40. The number of aromatic carboxylic acids is 1. The minimum Gasteiger partial charge on any atom is -0.496 e. The third-order valence-corrected chi connectivity index (χ3v) is 2.86. The molecule has 2 aromatic carbocycles. The van der Waals surface area contributed by atoms with Gasteiger partial charge in [-0.1, -0.05) is 38.1 Å². The third-order valence-electron chi connectivity index (χ3n) is 2.86. The molecule has 0 unspecified atom stereocenters. The van der Waals surface area contributed by atoms with Crippen LogP contribution in [0.4, 0.5) is 0 Å². The van der Waals surface area contributed by atoms with Crippen LogP contribution in [0, 0.1) is 6.92 Å². The molecule has 0 atom stereocenters. The van der Waals surface area contributed by atoms with Gasteiger partial charge >= 0.3 is 5.97 Å². The molecule has 0 aliphatic heterocycles. The molecule has 0 fully saturated rings. The quantitative estimate of drug-likeness (QED) is 0.901. The van der Waals surface area contributed by atoms with E-state index < -0.39 is 5.97 Å². The van der Waals surface area contributed by atoms with Crippen molar-refractivity contribution in [3.05, 3.63) is 53.6 Å². The second kappa shape index (κ2) is 7.34. The highest BCUT2D eigenvalue weighted by Crippen LogP contribution is 2.28. The molecule has 0 spiro atoms. The van der Waals surface area contributed by atoms with Crippen LogP contribution in [0.1, 0.15) is 29.8 Å². The first kappa shape index (κ1) is 15.8. The Balaban J connectivity index is 0.000000956. The molecule has 0 heterocycles. The van der Waals surface area contributed by atoms with Crippen LogP contribution < -0.4 is 4.74 Å². The lowest BCUT2D eigenvalue weighted by Crippen LogP contribution is -1.99. The van der Waals surface area contributed by atoms with E-state index in [2.05, 4.69) is 0 Å². The summed E-state index contributed by atoms with van der Waals surface area (Å²) >= 11 is 0. The van der Waals surface area contributed by atoms with E-state index in [-0.39, 0.29) is 0 Å². The highest BCUT2D eigenvalue weighted by molar-refractivity contribution is 5.96. The minimum atomic E-state index is -0.918. The molecule has 0 aliphatic rings. The summed E-state index contributed by atoms with van der Waals surface area (Å²) in [6.45, 7) is 5.94. The summed E-state index contributed by atoms with van der Waals surface area (Å²) in [5, 5.41) is 9.17. The molecule has 0 radical (unpaired) electrons. The Hall–Kier alpha value is -2.29. The smallest absolute Gasteiger partial charge is 0.336 e. The van der Waals surface area contributed by atoms with Crippen LogP contribution >= 0.6 is 0 Å². The van der Waals surface area contributed by atoms with E-state index >= 15 is 0 Å². The first-order valence-corrected chi connectivity index (χ1v) is 6.61. The number of ether oxygens (including phenoxy) is 1. The maximum Gasteiger partial charge on any atom is 0.336 e. The summed E-state index contributed by atoms with van der Waals surface area (Å²) in [5.41, 5.74) is 2.89. The molecule has 1 N–H and O–H groups in total. The fourth-order valence-corrected chi connectivity index (χ4v) is 1.97. The highest BCUT2D eigenvalue weighted by atomic mass is 16.5. The van der Waals surface area contributed by atoms with Gasteiger partial charge in [0.15, 0.2) is 0 Å². The maximum atomic E-state index is 11.2. The summed E-state index contributed by atoms with van der Waals surface area (Å²) in [6.07, 6.45) is 0. The van der Waals surface area contributed by atoms with Crippen LogP contribution in [-0.4, -0.2) is 18.2 Å². The summed E-state index contributed by atoms with van der Waals surface area (Å²) in [6, 6.07) is 12.6.